The molecule has 0 aromatic heterocycles. The van der Waals surface area contributed by atoms with E-state index < -0.39 is 40.0 Å². The van der Waals surface area contributed by atoms with Gasteiger partial charge in [0.15, 0.2) is 6.29 Å². The number of hydrogen-bond donors (Lipinski definition) is 4. The lowest BCUT2D eigenvalue weighted by molar-refractivity contribution is -0.0907. The molecule has 0 bridgehead atoms. The highest BCUT2D eigenvalue weighted by atomic mass is 32.2. The maximum absolute atomic E-state index is 13.5. The number of aliphatic hydroxyl groups is 2. The monoisotopic (exact) mass is 563 g/mol. The van der Waals surface area contributed by atoms with Crippen LogP contribution in [-0.4, -0.2) is 85.5 Å². The van der Waals surface area contributed by atoms with Crippen LogP contribution in [0, 0.1) is 5.92 Å². The van der Waals surface area contributed by atoms with E-state index in [0.717, 1.165) is 9.87 Å². The lowest BCUT2D eigenvalue weighted by atomic mass is 10.0. The molecule has 0 aliphatic carbocycles. The number of ether oxygens (including phenoxy) is 3. The lowest BCUT2D eigenvalue weighted by Gasteiger charge is -2.33. The van der Waals surface area contributed by atoms with Crippen molar-refractivity contribution in [2.45, 2.75) is 61.7 Å². The van der Waals surface area contributed by atoms with Crippen molar-refractivity contribution in [1.29, 1.82) is 0 Å². The second-order valence-corrected chi connectivity index (χ2v) is 12.6. The molecule has 39 heavy (non-hydrogen) atoms. The van der Waals surface area contributed by atoms with Gasteiger partial charge in [0, 0.05) is 18.8 Å². The average Bonchev–Trinajstić information content (AvgIpc) is 3.48. The highest BCUT2D eigenvalue weighted by Crippen LogP contribution is 2.33. The normalized spacial score (nSPS) is 22.8. The summed E-state index contributed by atoms with van der Waals surface area (Å²) in [4.78, 5) is 12.9. The number of sulfonamides is 1. The summed E-state index contributed by atoms with van der Waals surface area (Å²) >= 11 is 0. The number of nitrogens with zero attached hydrogens (tertiary/aromatic N) is 1. The van der Waals surface area contributed by atoms with E-state index in [9.17, 15) is 23.4 Å². The fourth-order valence-electron chi connectivity index (χ4n) is 4.83. The lowest BCUT2D eigenvalue weighted by Crippen LogP contribution is -2.53. The third-order valence-corrected chi connectivity index (χ3v) is 8.61. The first kappa shape index (κ1) is 29.2. The number of anilines is 1. The van der Waals surface area contributed by atoms with E-state index in [0.29, 0.717) is 18.7 Å². The Labute approximate surface area is 228 Å². The number of aliphatic hydroxyl groups excluding tert-OH is 1. The van der Waals surface area contributed by atoms with Gasteiger partial charge >= 0.3 is 6.09 Å². The summed E-state index contributed by atoms with van der Waals surface area (Å²) in [5.41, 5.74) is 5.55. The van der Waals surface area contributed by atoms with Crippen LogP contribution < -0.4 is 11.1 Å². The molecule has 4 rings (SSSR count). The van der Waals surface area contributed by atoms with Crippen LogP contribution in [0.15, 0.2) is 59.5 Å². The van der Waals surface area contributed by atoms with Gasteiger partial charge in [-0.05, 0) is 56.5 Å². The van der Waals surface area contributed by atoms with Crippen LogP contribution in [0.4, 0.5) is 10.5 Å². The van der Waals surface area contributed by atoms with Crippen molar-refractivity contribution in [3.8, 4) is 0 Å². The minimum absolute atomic E-state index is 0.0327. The second-order valence-electron chi connectivity index (χ2n) is 10.7. The summed E-state index contributed by atoms with van der Waals surface area (Å²) in [6.45, 7) is 3.03. The Kier molecular flexibility index (Phi) is 9.14. The van der Waals surface area contributed by atoms with Crippen molar-refractivity contribution in [3.63, 3.8) is 0 Å². The standard InChI is InChI=1S/C27H37N3O8S/c1-27(2,33)17-30(39(34,35)20-10-8-19(28)9-11-20)15-23(31)22(14-18-6-4-3-5-7-18)29-26(32)38-24-16-37-25-21(24)12-13-36-25/h3-11,21-25,31,33H,12-17,28H2,1-2H3,(H,29,32). The van der Waals surface area contributed by atoms with E-state index in [4.69, 9.17) is 19.9 Å². The van der Waals surface area contributed by atoms with Gasteiger partial charge in [-0.25, -0.2) is 13.2 Å². The van der Waals surface area contributed by atoms with Crippen molar-refractivity contribution in [3.05, 3.63) is 60.2 Å². The molecular weight excluding hydrogens is 526 g/mol. The van der Waals surface area contributed by atoms with Gasteiger partial charge in [0.1, 0.15) is 6.10 Å². The minimum Gasteiger partial charge on any atom is -0.443 e. The molecule has 0 saturated carbocycles. The van der Waals surface area contributed by atoms with E-state index in [-0.39, 0.29) is 43.2 Å². The zero-order valence-corrected chi connectivity index (χ0v) is 22.9. The summed E-state index contributed by atoms with van der Waals surface area (Å²) in [7, 11) is -4.13. The number of carbonyl (C=O) groups excluding carboxylic acids is 1. The quantitative estimate of drug-likeness (QED) is 0.297. The van der Waals surface area contributed by atoms with Gasteiger partial charge < -0.3 is 35.5 Å². The first-order chi connectivity index (χ1) is 18.4. The number of rotatable bonds is 11. The molecule has 5 N–H and O–H groups in total. The minimum atomic E-state index is -4.13. The highest BCUT2D eigenvalue weighted by Gasteiger charge is 2.44. The van der Waals surface area contributed by atoms with Gasteiger partial charge in [-0.2, -0.15) is 4.31 Å². The van der Waals surface area contributed by atoms with Crippen LogP contribution in [-0.2, 0) is 30.7 Å². The number of alkyl carbamates (subject to hydrolysis) is 1. The molecule has 2 heterocycles. The van der Waals surface area contributed by atoms with Crippen LogP contribution in [0.1, 0.15) is 25.8 Å². The van der Waals surface area contributed by atoms with Gasteiger partial charge in [0.2, 0.25) is 10.0 Å². The van der Waals surface area contributed by atoms with E-state index in [1.165, 1.54) is 38.1 Å². The van der Waals surface area contributed by atoms with E-state index in [1.54, 1.807) is 0 Å². The first-order valence-corrected chi connectivity index (χ1v) is 14.4. The van der Waals surface area contributed by atoms with E-state index in [1.807, 2.05) is 30.3 Å². The van der Waals surface area contributed by atoms with Gasteiger partial charge in [0.25, 0.3) is 0 Å². The van der Waals surface area contributed by atoms with Crippen molar-refractivity contribution in [1.82, 2.24) is 9.62 Å². The van der Waals surface area contributed by atoms with Gasteiger partial charge in [-0.1, -0.05) is 30.3 Å². The Morgan fingerprint density at radius 3 is 2.54 bits per heavy atom. The summed E-state index contributed by atoms with van der Waals surface area (Å²) in [5, 5.41) is 24.5. The van der Waals surface area contributed by atoms with E-state index >= 15 is 0 Å². The summed E-state index contributed by atoms with van der Waals surface area (Å²) in [6, 6.07) is 14.0. The predicted molar refractivity (Wildman–Crippen MR) is 143 cm³/mol. The predicted octanol–water partition coefficient (Wildman–Crippen LogP) is 1.49. The molecule has 5 unspecified atom stereocenters. The fourth-order valence-corrected chi connectivity index (χ4v) is 6.44. The van der Waals surface area contributed by atoms with Crippen LogP contribution in [0.2, 0.25) is 0 Å². The Bertz CT molecular complexity index is 1200. The average molecular weight is 564 g/mol. The largest absolute Gasteiger partial charge is 0.443 e. The number of fused-ring (bicyclic) bond motifs is 1. The molecule has 2 aromatic carbocycles. The van der Waals surface area contributed by atoms with Gasteiger partial charge in [0.05, 0.1) is 41.8 Å². The number of hydrogen-bond acceptors (Lipinski definition) is 9. The third kappa shape index (κ3) is 7.68. The molecule has 2 aliphatic rings. The number of benzene rings is 2. The number of amides is 1. The Morgan fingerprint density at radius 1 is 1.18 bits per heavy atom. The molecule has 2 aromatic rings. The second kappa shape index (κ2) is 12.2. The zero-order chi connectivity index (χ0) is 28.2. The third-order valence-electron chi connectivity index (χ3n) is 6.78. The Hall–Kier alpha value is -2.74. The molecular formula is C27H37N3O8S. The fraction of sp³-hybridized carbons (Fsp3) is 0.519. The SMILES string of the molecule is CC(C)(O)CN(CC(O)C(Cc1ccccc1)NC(=O)OC1COC2OCCC12)S(=O)(=O)c1ccc(N)cc1. The van der Waals surface area contributed by atoms with Crippen molar-refractivity contribution < 1.29 is 37.6 Å². The van der Waals surface area contributed by atoms with Crippen molar-refractivity contribution in [2.24, 2.45) is 5.92 Å². The molecule has 2 fully saturated rings. The van der Waals surface area contributed by atoms with Crippen LogP contribution >= 0.6 is 0 Å². The highest BCUT2D eigenvalue weighted by molar-refractivity contribution is 7.89. The Balaban J connectivity index is 1.53. The summed E-state index contributed by atoms with van der Waals surface area (Å²) < 4.78 is 44.7. The maximum Gasteiger partial charge on any atom is 0.407 e. The molecule has 0 radical (unpaired) electrons. The molecule has 2 saturated heterocycles. The van der Waals surface area contributed by atoms with Gasteiger partial charge in [-0.15, -0.1) is 0 Å². The zero-order valence-electron chi connectivity index (χ0n) is 22.1. The molecule has 5 atom stereocenters. The van der Waals surface area contributed by atoms with Crippen molar-refractivity contribution >= 4 is 21.8 Å². The van der Waals surface area contributed by atoms with Crippen LogP contribution in [0.5, 0.6) is 0 Å². The molecule has 1 amide bonds. The molecule has 11 nitrogen and oxygen atoms in total. The summed E-state index contributed by atoms with van der Waals surface area (Å²) in [5.74, 6) is -0.0550. The van der Waals surface area contributed by atoms with Crippen LogP contribution in [0.25, 0.3) is 0 Å². The number of nitrogens with two attached hydrogens (primary N) is 1. The molecule has 0 spiro atoms. The molecule has 2 aliphatic heterocycles. The summed E-state index contributed by atoms with van der Waals surface area (Å²) in [6.07, 6.45) is -2.02. The number of carbonyl (C=O) groups is 1. The number of nitrogens with one attached hydrogen (secondary N) is 1. The first-order valence-electron chi connectivity index (χ1n) is 12.9. The van der Waals surface area contributed by atoms with Crippen LogP contribution in [0.3, 0.4) is 0 Å². The number of nitrogen functional groups attached to an aromatic ring is 1. The Morgan fingerprint density at radius 2 is 1.87 bits per heavy atom. The smallest absolute Gasteiger partial charge is 0.407 e. The van der Waals surface area contributed by atoms with Gasteiger partial charge in [-0.3, -0.25) is 0 Å². The maximum atomic E-state index is 13.5. The van der Waals surface area contributed by atoms with Crippen molar-refractivity contribution in [2.75, 3.05) is 32.0 Å². The molecule has 214 valence electrons. The molecule has 12 heteroatoms. The topological polar surface area (TPSA) is 161 Å². The van der Waals surface area contributed by atoms with E-state index in [2.05, 4.69) is 5.32 Å².